The molecule has 0 aromatic heterocycles. The van der Waals surface area contributed by atoms with Gasteiger partial charge in [0.2, 0.25) is 0 Å². The molecule has 0 saturated carbocycles. The topological polar surface area (TPSA) is 15.3 Å². The molecule has 1 aromatic carbocycles. The van der Waals surface area contributed by atoms with Crippen LogP contribution in [0.5, 0.6) is 0 Å². The summed E-state index contributed by atoms with van der Waals surface area (Å²) in [7, 11) is 0. The van der Waals surface area contributed by atoms with Crippen molar-refractivity contribution in [1.82, 2.24) is 10.2 Å². The summed E-state index contributed by atoms with van der Waals surface area (Å²) in [5.41, 5.74) is 2.85. The smallest absolute Gasteiger partial charge is 0.0220 e. The fourth-order valence-corrected chi connectivity index (χ4v) is 3.05. The predicted octanol–water partition coefficient (Wildman–Crippen LogP) is 3.25. The molecule has 2 atom stereocenters. The van der Waals surface area contributed by atoms with Gasteiger partial charge in [-0.25, -0.2) is 0 Å². The van der Waals surface area contributed by atoms with Crippen molar-refractivity contribution in [3.8, 4) is 0 Å². The van der Waals surface area contributed by atoms with E-state index in [0.717, 1.165) is 5.92 Å². The van der Waals surface area contributed by atoms with Crippen molar-refractivity contribution >= 4 is 0 Å². The van der Waals surface area contributed by atoms with Gasteiger partial charge in [-0.15, -0.1) is 0 Å². The lowest BCUT2D eigenvalue weighted by Gasteiger charge is -2.28. The standard InChI is InChI=1S/C18H30N2/c1-4-16(3)18-14-20(11-6-10-19-18)12-9-17-8-5-7-15(2)13-17/h5,7-8,13,16,18-19H,4,6,9-12,14H2,1-3H3. The van der Waals surface area contributed by atoms with Crippen molar-refractivity contribution in [2.45, 2.75) is 46.1 Å². The van der Waals surface area contributed by atoms with Crippen LogP contribution in [0.4, 0.5) is 0 Å². The van der Waals surface area contributed by atoms with Crippen molar-refractivity contribution in [3.05, 3.63) is 35.4 Å². The Kier molecular flexibility index (Phi) is 6.06. The molecule has 0 amide bonds. The molecule has 1 heterocycles. The fourth-order valence-electron chi connectivity index (χ4n) is 3.05. The second-order valence-electron chi connectivity index (χ2n) is 6.34. The molecule has 0 aliphatic carbocycles. The summed E-state index contributed by atoms with van der Waals surface area (Å²) in [5, 5.41) is 3.73. The summed E-state index contributed by atoms with van der Waals surface area (Å²) in [6.45, 7) is 11.7. The van der Waals surface area contributed by atoms with Crippen LogP contribution in [0.15, 0.2) is 24.3 Å². The van der Waals surface area contributed by atoms with Crippen LogP contribution < -0.4 is 5.32 Å². The molecular weight excluding hydrogens is 244 g/mol. The fraction of sp³-hybridized carbons (Fsp3) is 0.667. The van der Waals surface area contributed by atoms with Gasteiger partial charge in [0.25, 0.3) is 0 Å². The summed E-state index contributed by atoms with van der Waals surface area (Å²) in [4.78, 5) is 2.65. The average Bonchev–Trinajstić information content (AvgIpc) is 2.70. The molecule has 0 radical (unpaired) electrons. The summed E-state index contributed by atoms with van der Waals surface area (Å²) >= 11 is 0. The largest absolute Gasteiger partial charge is 0.312 e. The van der Waals surface area contributed by atoms with E-state index in [0.29, 0.717) is 6.04 Å². The number of nitrogens with zero attached hydrogens (tertiary/aromatic N) is 1. The van der Waals surface area contributed by atoms with Crippen LogP contribution in [0.25, 0.3) is 0 Å². The Hall–Kier alpha value is -0.860. The van der Waals surface area contributed by atoms with Gasteiger partial charge in [-0.1, -0.05) is 50.1 Å². The van der Waals surface area contributed by atoms with Crippen LogP contribution >= 0.6 is 0 Å². The summed E-state index contributed by atoms with van der Waals surface area (Å²) in [5.74, 6) is 0.773. The minimum Gasteiger partial charge on any atom is -0.312 e. The van der Waals surface area contributed by atoms with Crippen molar-refractivity contribution < 1.29 is 0 Å². The van der Waals surface area contributed by atoms with Gasteiger partial charge in [0, 0.05) is 19.1 Å². The molecule has 1 aliphatic heterocycles. The van der Waals surface area contributed by atoms with Crippen LogP contribution in [0, 0.1) is 12.8 Å². The second-order valence-corrected chi connectivity index (χ2v) is 6.34. The van der Waals surface area contributed by atoms with Gasteiger partial charge in [0.15, 0.2) is 0 Å². The highest BCUT2D eigenvalue weighted by Crippen LogP contribution is 2.13. The van der Waals surface area contributed by atoms with Crippen LogP contribution in [0.2, 0.25) is 0 Å². The highest BCUT2D eigenvalue weighted by Gasteiger charge is 2.21. The van der Waals surface area contributed by atoms with E-state index in [-0.39, 0.29) is 0 Å². The summed E-state index contributed by atoms with van der Waals surface area (Å²) in [6.07, 6.45) is 3.72. The van der Waals surface area contributed by atoms with Crippen molar-refractivity contribution in [3.63, 3.8) is 0 Å². The van der Waals surface area contributed by atoms with Crippen LogP contribution in [0.1, 0.15) is 37.8 Å². The van der Waals surface area contributed by atoms with Crippen LogP contribution in [-0.2, 0) is 6.42 Å². The van der Waals surface area contributed by atoms with E-state index in [1.165, 1.54) is 56.6 Å². The van der Waals surface area contributed by atoms with Gasteiger partial charge in [-0.3, -0.25) is 0 Å². The third-order valence-electron chi connectivity index (χ3n) is 4.64. The number of aryl methyl sites for hydroxylation is 1. The Bertz CT molecular complexity index is 402. The number of nitrogens with one attached hydrogen (secondary N) is 1. The van der Waals surface area contributed by atoms with Gasteiger partial charge in [0.05, 0.1) is 0 Å². The zero-order valence-corrected chi connectivity index (χ0v) is 13.4. The lowest BCUT2D eigenvalue weighted by atomic mass is 9.99. The highest BCUT2D eigenvalue weighted by atomic mass is 15.2. The van der Waals surface area contributed by atoms with Crippen molar-refractivity contribution in [2.75, 3.05) is 26.2 Å². The Morgan fingerprint density at radius 3 is 3.00 bits per heavy atom. The minimum absolute atomic E-state index is 0.667. The van der Waals surface area contributed by atoms with Crippen LogP contribution in [-0.4, -0.2) is 37.1 Å². The Labute approximate surface area is 124 Å². The van der Waals surface area contributed by atoms with E-state index >= 15 is 0 Å². The molecule has 2 heteroatoms. The maximum Gasteiger partial charge on any atom is 0.0220 e. The zero-order valence-electron chi connectivity index (χ0n) is 13.4. The van der Waals surface area contributed by atoms with Gasteiger partial charge < -0.3 is 10.2 Å². The first-order chi connectivity index (χ1) is 9.69. The van der Waals surface area contributed by atoms with E-state index in [9.17, 15) is 0 Å². The van der Waals surface area contributed by atoms with E-state index in [2.05, 4.69) is 55.3 Å². The first kappa shape index (κ1) is 15.5. The Morgan fingerprint density at radius 1 is 1.40 bits per heavy atom. The third-order valence-corrected chi connectivity index (χ3v) is 4.64. The first-order valence-electron chi connectivity index (χ1n) is 8.20. The molecule has 2 unspecified atom stereocenters. The molecule has 1 aromatic rings. The minimum atomic E-state index is 0.667. The quantitative estimate of drug-likeness (QED) is 0.886. The maximum absolute atomic E-state index is 3.73. The number of hydrogen-bond donors (Lipinski definition) is 1. The van der Waals surface area contributed by atoms with Gasteiger partial charge in [-0.2, -0.15) is 0 Å². The molecule has 1 fully saturated rings. The van der Waals surface area contributed by atoms with Crippen molar-refractivity contribution in [1.29, 1.82) is 0 Å². The second kappa shape index (κ2) is 7.80. The molecule has 112 valence electrons. The van der Waals surface area contributed by atoms with Gasteiger partial charge >= 0.3 is 0 Å². The summed E-state index contributed by atoms with van der Waals surface area (Å²) < 4.78 is 0. The summed E-state index contributed by atoms with van der Waals surface area (Å²) in [6, 6.07) is 9.60. The lowest BCUT2D eigenvalue weighted by Crippen LogP contribution is -2.42. The van der Waals surface area contributed by atoms with E-state index in [1.807, 2.05) is 0 Å². The Balaban J connectivity index is 1.87. The normalized spacial score (nSPS) is 22.4. The van der Waals surface area contributed by atoms with Crippen LogP contribution in [0.3, 0.4) is 0 Å². The average molecular weight is 274 g/mol. The SMILES string of the molecule is CCC(C)C1CN(CCc2cccc(C)c2)CCCN1. The molecule has 20 heavy (non-hydrogen) atoms. The molecule has 1 aliphatic rings. The first-order valence-corrected chi connectivity index (χ1v) is 8.20. The number of rotatable bonds is 5. The van der Waals surface area contributed by atoms with E-state index in [4.69, 9.17) is 0 Å². The number of benzene rings is 1. The molecule has 1 saturated heterocycles. The van der Waals surface area contributed by atoms with E-state index in [1.54, 1.807) is 0 Å². The highest BCUT2D eigenvalue weighted by molar-refractivity contribution is 5.22. The van der Waals surface area contributed by atoms with Gasteiger partial charge in [-0.05, 0) is 44.3 Å². The van der Waals surface area contributed by atoms with E-state index < -0.39 is 0 Å². The van der Waals surface area contributed by atoms with Crippen molar-refractivity contribution in [2.24, 2.45) is 5.92 Å². The predicted molar refractivity (Wildman–Crippen MR) is 87.2 cm³/mol. The zero-order chi connectivity index (χ0) is 14.4. The monoisotopic (exact) mass is 274 g/mol. The third kappa shape index (κ3) is 4.60. The lowest BCUT2D eigenvalue weighted by molar-refractivity contribution is 0.240. The maximum atomic E-state index is 3.73. The van der Waals surface area contributed by atoms with Gasteiger partial charge in [0.1, 0.15) is 0 Å². The number of hydrogen-bond acceptors (Lipinski definition) is 2. The molecular formula is C18H30N2. The molecule has 0 bridgehead atoms. The molecule has 2 nitrogen and oxygen atoms in total. The molecule has 2 rings (SSSR count). The molecule has 0 spiro atoms. The Morgan fingerprint density at radius 2 is 2.25 bits per heavy atom. The molecule has 1 N–H and O–H groups in total.